The normalized spacial score (nSPS) is 14.5. The summed E-state index contributed by atoms with van der Waals surface area (Å²) in [6.45, 7) is 0.770. The van der Waals surface area contributed by atoms with Crippen molar-refractivity contribution < 1.29 is 0 Å². The van der Waals surface area contributed by atoms with Crippen molar-refractivity contribution in [1.29, 1.82) is 0 Å². The van der Waals surface area contributed by atoms with E-state index in [4.69, 9.17) is 0 Å². The molecule has 0 aliphatic heterocycles. The lowest BCUT2D eigenvalue weighted by atomic mass is 10.3. The molecule has 0 spiro atoms. The number of nitrogens with zero attached hydrogens (tertiary/aromatic N) is 6. The molecular formula is C15H16N6. The number of hydrogen-bond donors (Lipinski definition) is 0. The number of hydrogen-bond acceptors (Lipinski definition) is 5. The van der Waals surface area contributed by atoms with Crippen molar-refractivity contribution >= 4 is 16.9 Å². The minimum atomic E-state index is 0.547. The van der Waals surface area contributed by atoms with E-state index in [1.165, 1.54) is 12.8 Å². The minimum Gasteiger partial charge on any atom is -0.347 e. The maximum Gasteiger partial charge on any atom is 0.163 e. The highest BCUT2D eigenvalue weighted by Crippen LogP contribution is 2.34. The predicted octanol–water partition coefficient (Wildman–Crippen LogP) is 1.93. The summed E-state index contributed by atoms with van der Waals surface area (Å²) in [6.07, 6.45) is 7.71. The van der Waals surface area contributed by atoms with Gasteiger partial charge in [0.25, 0.3) is 0 Å². The Bertz CT molecular complexity index is 762. The van der Waals surface area contributed by atoms with Crippen molar-refractivity contribution in [2.24, 2.45) is 7.05 Å². The molecule has 0 aromatic carbocycles. The second-order valence-electron chi connectivity index (χ2n) is 5.38. The van der Waals surface area contributed by atoms with E-state index in [-0.39, 0.29) is 0 Å². The Morgan fingerprint density at radius 3 is 2.90 bits per heavy atom. The fourth-order valence-corrected chi connectivity index (χ4v) is 2.61. The highest BCUT2D eigenvalue weighted by molar-refractivity contribution is 5.86. The van der Waals surface area contributed by atoms with E-state index in [1.54, 1.807) is 11.0 Å². The summed E-state index contributed by atoms with van der Waals surface area (Å²) >= 11 is 0. The second-order valence-corrected chi connectivity index (χ2v) is 5.38. The molecular weight excluding hydrogens is 264 g/mol. The third-order valence-corrected chi connectivity index (χ3v) is 3.83. The SMILES string of the molecule is Cn1ncc2c(N(Cc3ccccn3)C3CC3)ncnc21. The molecule has 1 aliphatic carbocycles. The fraction of sp³-hybridized carbons (Fsp3) is 0.333. The Morgan fingerprint density at radius 1 is 1.24 bits per heavy atom. The van der Waals surface area contributed by atoms with Crippen molar-refractivity contribution in [3.05, 3.63) is 42.6 Å². The van der Waals surface area contributed by atoms with Crippen molar-refractivity contribution in [2.45, 2.75) is 25.4 Å². The van der Waals surface area contributed by atoms with Crippen LogP contribution in [-0.4, -0.2) is 30.8 Å². The summed E-state index contributed by atoms with van der Waals surface area (Å²) in [6, 6.07) is 6.56. The molecule has 0 saturated heterocycles. The van der Waals surface area contributed by atoms with Crippen molar-refractivity contribution in [3.63, 3.8) is 0 Å². The zero-order chi connectivity index (χ0) is 14.2. The van der Waals surface area contributed by atoms with Crippen LogP contribution in [0.3, 0.4) is 0 Å². The first-order valence-electron chi connectivity index (χ1n) is 7.12. The fourth-order valence-electron chi connectivity index (χ4n) is 2.61. The number of rotatable bonds is 4. The van der Waals surface area contributed by atoms with Crippen LogP contribution < -0.4 is 4.90 Å². The van der Waals surface area contributed by atoms with E-state index in [9.17, 15) is 0 Å². The Balaban J connectivity index is 1.76. The lowest BCUT2D eigenvalue weighted by Crippen LogP contribution is -2.26. The molecule has 1 saturated carbocycles. The van der Waals surface area contributed by atoms with E-state index >= 15 is 0 Å². The molecule has 1 fully saturated rings. The van der Waals surface area contributed by atoms with Crippen molar-refractivity contribution in [1.82, 2.24) is 24.7 Å². The van der Waals surface area contributed by atoms with E-state index in [2.05, 4.69) is 31.0 Å². The Kier molecular flexibility index (Phi) is 2.80. The third-order valence-electron chi connectivity index (χ3n) is 3.83. The van der Waals surface area contributed by atoms with Gasteiger partial charge in [-0.05, 0) is 25.0 Å². The van der Waals surface area contributed by atoms with Crippen LogP contribution in [0.25, 0.3) is 11.0 Å². The molecule has 3 aromatic rings. The Labute approximate surface area is 122 Å². The van der Waals surface area contributed by atoms with Gasteiger partial charge in [-0.2, -0.15) is 5.10 Å². The topological polar surface area (TPSA) is 59.7 Å². The van der Waals surface area contributed by atoms with Crippen molar-refractivity contribution in [2.75, 3.05) is 4.90 Å². The van der Waals surface area contributed by atoms with Gasteiger partial charge in [0.05, 0.1) is 23.8 Å². The highest BCUT2D eigenvalue weighted by Gasteiger charge is 2.31. The highest BCUT2D eigenvalue weighted by atomic mass is 15.3. The second kappa shape index (κ2) is 4.80. The molecule has 6 nitrogen and oxygen atoms in total. The van der Waals surface area contributed by atoms with Gasteiger partial charge in [-0.25, -0.2) is 9.97 Å². The largest absolute Gasteiger partial charge is 0.347 e. The minimum absolute atomic E-state index is 0.547. The van der Waals surface area contributed by atoms with Crippen LogP contribution in [0.1, 0.15) is 18.5 Å². The molecule has 1 aliphatic rings. The quantitative estimate of drug-likeness (QED) is 0.731. The molecule has 0 bridgehead atoms. The predicted molar refractivity (Wildman–Crippen MR) is 79.7 cm³/mol. The first kappa shape index (κ1) is 12.3. The van der Waals surface area contributed by atoms with Gasteiger partial charge < -0.3 is 4.90 Å². The first-order valence-corrected chi connectivity index (χ1v) is 7.12. The summed E-state index contributed by atoms with van der Waals surface area (Å²) in [5.41, 5.74) is 1.92. The molecule has 3 aromatic heterocycles. The Hall–Kier alpha value is -2.50. The maximum atomic E-state index is 4.51. The molecule has 0 amide bonds. The van der Waals surface area contributed by atoms with Crippen LogP contribution in [0, 0.1) is 0 Å². The van der Waals surface area contributed by atoms with Gasteiger partial charge in [0.1, 0.15) is 12.1 Å². The average Bonchev–Trinajstić information content (AvgIpc) is 3.30. The smallest absolute Gasteiger partial charge is 0.163 e. The summed E-state index contributed by atoms with van der Waals surface area (Å²) in [5.74, 6) is 0.959. The van der Waals surface area contributed by atoms with E-state index in [0.717, 1.165) is 29.1 Å². The van der Waals surface area contributed by atoms with Crippen LogP contribution in [0.15, 0.2) is 36.9 Å². The van der Waals surface area contributed by atoms with E-state index < -0.39 is 0 Å². The van der Waals surface area contributed by atoms with Gasteiger partial charge in [-0.15, -0.1) is 0 Å². The van der Waals surface area contributed by atoms with Crippen LogP contribution in [-0.2, 0) is 13.6 Å². The maximum absolute atomic E-state index is 4.51. The first-order chi connectivity index (χ1) is 10.3. The number of pyridine rings is 1. The molecule has 3 heterocycles. The molecule has 106 valence electrons. The van der Waals surface area contributed by atoms with Crippen molar-refractivity contribution in [3.8, 4) is 0 Å². The number of aromatic nitrogens is 5. The molecule has 21 heavy (non-hydrogen) atoms. The van der Waals surface area contributed by atoms with Crippen LogP contribution in [0.5, 0.6) is 0 Å². The standard InChI is InChI=1S/C15H16N6/c1-20-14-13(8-19-20)15(18-10-17-14)21(12-5-6-12)9-11-4-2-3-7-16-11/h2-4,7-8,10,12H,5-6,9H2,1H3. The molecule has 6 heteroatoms. The van der Waals surface area contributed by atoms with Gasteiger partial charge in [-0.1, -0.05) is 6.07 Å². The summed E-state index contributed by atoms with van der Waals surface area (Å²) in [7, 11) is 1.90. The van der Waals surface area contributed by atoms with Gasteiger partial charge in [0.15, 0.2) is 5.65 Å². The van der Waals surface area contributed by atoms with Gasteiger partial charge in [0, 0.05) is 19.3 Å². The van der Waals surface area contributed by atoms with E-state index in [0.29, 0.717) is 6.04 Å². The molecule has 4 rings (SSSR count). The van der Waals surface area contributed by atoms with Gasteiger partial charge in [-0.3, -0.25) is 9.67 Å². The number of fused-ring (bicyclic) bond motifs is 1. The number of aryl methyl sites for hydroxylation is 1. The summed E-state index contributed by atoms with van der Waals surface area (Å²) in [5, 5.41) is 5.30. The lowest BCUT2D eigenvalue weighted by Gasteiger charge is -2.23. The van der Waals surface area contributed by atoms with Gasteiger partial charge in [0.2, 0.25) is 0 Å². The molecule has 0 N–H and O–H groups in total. The summed E-state index contributed by atoms with van der Waals surface area (Å²) < 4.78 is 1.78. The third kappa shape index (κ3) is 2.22. The lowest BCUT2D eigenvalue weighted by molar-refractivity contribution is 0.762. The Morgan fingerprint density at radius 2 is 2.14 bits per heavy atom. The van der Waals surface area contributed by atoms with E-state index in [1.807, 2.05) is 31.6 Å². The zero-order valence-corrected chi connectivity index (χ0v) is 11.8. The summed E-state index contributed by atoms with van der Waals surface area (Å²) in [4.78, 5) is 15.6. The monoisotopic (exact) mass is 280 g/mol. The van der Waals surface area contributed by atoms with Crippen LogP contribution in [0.2, 0.25) is 0 Å². The average molecular weight is 280 g/mol. The van der Waals surface area contributed by atoms with Crippen LogP contribution in [0.4, 0.5) is 5.82 Å². The molecule has 0 unspecified atom stereocenters. The zero-order valence-electron chi connectivity index (χ0n) is 11.8. The number of anilines is 1. The molecule has 0 radical (unpaired) electrons. The molecule has 0 atom stereocenters. The van der Waals surface area contributed by atoms with Crippen LogP contribution >= 0.6 is 0 Å². The van der Waals surface area contributed by atoms with Gasteiger partial charge >= 0.3 is 0 Å².